The molecule has 0 saturated carbocycles. The molecule has 0 fully saturated rings. The highest BCUT2D eigenvalue weighted by atomic mass is 16.4. The minimum absolute atomic E-state index is 0.174. The van der Waals surface area contributed by atoms with Crippen LogP contribution in [-0.4, -0.2) is 39.5 Å². The maximum atomic E-state index is 12.7. The number of aromatic amines is 1. The molecule has 2 aromatic rings. The van der Waals surface area contributed by atoms with Crippen molar-refractivity contribution >= 4 is 22.8 Å². The summed E-state index contributed by atoms with van der Waals surface area (Å²) in [6.45, 7) is 5.15. The Morgan fingerprint density at radius 3 is 2.55 bits per heavy atom. The van der Waals surface area contributed by atoms with Gasteiger partial charge < -0.3 is 15.0 Å². The Hall–Kier alpha value is -2.30. The van der Waals surface area contributed by atoms with Crippen LogP contribution in [0.2, 0.25) is 0 Å². The van der Waals surface area contributed by atoms with Gasteiger partial charge in [0.15, 0.2) is 0 Å². The van der Waals surface area contributed by atoms with Crippen molar-refractivity contribution in [3.05, 3.63) is 35.5 Å². The minimum atomic E-state index is -1.01. The monoisotopic (exact) mass is 274 g/mol. The average molecular weight is 274 g/mol. The molecule has 1 aromatic carbocycles. The van der Waals surface area contributed by atoms with E-state index in [1.165, 1.54) is 4.90 Å². The number of carbonyl (C=O) groups excluding carboxylic acids is 1. The number of aromatic nitrogens is 1. The number of aliphatic carboxylic acids is 1. The normalized spacial score (nSPS) is 11.0. The number of amides is 1. The highest BCUT2D eigenvalue weighted by Crippen LogP contribution is 2.24. The van der Waals surface area contributed by atoms with E-state index in [-0.39, 0.29) is 18.5 Å². The molecule has 0 aliphatic rings. The van der Waals surface area contributed by atoms with E-state index in [4.69, 9.17) is 5.11 Å². The van der Waals surface area contributed by atoms with E-state index in [2.05, 4.69) is 4.98 Å². The minimum Gasteiger partial charge on any atom is -0.480 e. The van der Waals surface area contributed by atoms with Crippen molar-refractivity contribution in [1.82, 2.24) is 9.88 Å². The first-order valence-electron chi connectivity index (χ1n) is 6.52. The summed E-state index contributed by atoms with van der Waals surface area (Å²) in [5, 5.41) is 9.79. The molecule has 2 N–H and O–H groups in total. The molecule has 0 aliphatic heterocycles. The van der Waals surface area contributed by atoms with E-state index < -0.39 is 5.97 Å². The zero-order valence-electron chi connectivity index (χ0n) is 11.8. The second-order valence-electron chi connectivity index (χ2n) is 5.09. The van der Waals surface area contributed by atoms with Crippen molar-refractivity contribution < 1.29 is 14.7 Å². The van der Waals surface area contributed by atoms with Crippen LogP contribution in [0, 0.1) is 6.92 Å². The van der Waals surface area contributed by atoms with Crippen molar-refractivity contribution in [2.45, 2.75) is 26.8 Å². The van der Waals surface area contributed by atoms with Gasteiger partial charge in [-0.1, -0.05) is 18.2 Å². The van der Waals surface area contributed by atoms with E-state index in [1.54, 1.807) is 0 Å². The zero-order chi connectivity index (χ0) is 14.9. The van der Waals surface area contributed by atoms with Crippen LogP contribution in [0.3, 0.4) is 0 Å². The fourth-order valence-corrected chi connectivity index (χ4v) is 2.33. The predicted molar refractivity (Wildman–Crippen MR) is 76.8 cm³/mol. The molecule has 0 unspecified atom stereocenters. The third kappa shape index (κ3) is 2.52. The summed E-state index contributed by atoms with van der Waals surface area (Å²) in [5.41, 5.74) is 2.19. The lowest BCUT2D eigenvalue weighted by Crippen LogP contribution is -2.40. The summed E-state index contributed by atoms with van der Waals surface area (Å²) in [4.78, 5) is 28.1. The van der Waals surface area contributed by atoms with Gasteiger partial charge in [-0.2, -0.15) is 0 Å². The van der Waals surface area contributed by atoms with Crippen molar-refractivity contribution in [2.24, 2.45) is 0 Å². The summed E-state index contributed by atoms with van der Waals surface area (Å²) in [7, 11) is 0. The maximum absolute atomic E-state index is 12.7. The molecule has 1 amide bonds. The molecule has 0 aliphatic carbocycles. The molecule has 106 valence electrons. The van der Waals surface area contributed by atoms with Gasteiger partial charge in [-0.3, -0.25) is 9.59 Å². The Kier molecular flexibility index (Phi) is 3.79. The van der Waals surface area contributed by atoms with E-state index >= 15 is 0 Å². The van der Waals surface area contributed by atoms with Gasteiger partial charge in [0, 0.05) is 22.6 Å². The van der Waals surface area contributed by atoms with Crippen LogP contribution in [0.1, 0.15) is 29.9 Å². The quantitative estimate of drug-likeness (QED) is 0.899. The molecule has 2 rings (SSSR count). The lowest BCUT2D eigenvalue weighted by Gasteiger charge is -2.25. The predicted octanol–water partition coefficient (Wildman–Crippen LogP) is 2.41. The molecule has 0 spiro atoms. The van der Waals surface area contributed by atoms with Crippen LogP contribution < -0.4 is 0 Å². The number of fused-ring (bicyclic) bond motifs is 1. The molecule has 5 nitrogen and oxygen atoms in total. The highest BCUT2D eigenvalue weighted by Gasteiger charge is 2.25. The summed E-state index contributed by atoms with van der Waals surface area (Å²) in [5.74, 6) is -1.26. The van der Waals surface area contributed by atoms with E-state index in [1.807, 2.05) is 45.0 Å². The fraction of sp³-hybridized carbons (Fsp3) is 0.333. The molecule has 0 radical (unpaired) electrons. The molecule has 0 saturated heterocycles. The molecule has 0 atom stereocenters. The highest BCUT2D eigenvalue weighted by molar-refractivity contribution is 6.08. The van der Waals surface area contributed by atoms with E-state index in [9.17, 15) is 9.59 Å². The summed E-state index contributed by atoms with van der Waals surface area (Å²) in [6, 6.07) is 7.35. The third-order valence-corrected chi connectivity index (χ3v) is 3.30. The van der Waals surface area contributed by atoms with E-state index in [0.717, 1.165) is 16.6 Å². The van der Waals surface area contributed by atoms with Crippen LogP contribution in [0.25, 0.3) is 10.9 Å². The van der Waals surface area contributed by atoms with Gasteiger partial charge in [-0.15, -0.1) is 0 Å². The number of para-hydroxylation sites is 1. The SMILES string of the molecule is Cc1[nH]c2ccccc2c1C(=O)N(CC(=O)O)C(C)C. The number of rotatable bonds is 4. The van der Waals surface area contributed by atoms with Gasteiger partial charge in [-0.25, -0.2) is 0 Å². The number of nitrogens with zero attached hydrogens (tertiary/aromatic N) is 1. The fourth-order valence-electron chi connectivity index (χ4n) is 2.33. The lowest BCUT2D eigenvalue weighted by molar-refractivity contribution is -0.138. The van der Waals surface area contributed by atoms with Gasteiger partial charge in [0.1, 0.15) is 6.54 Å². The zero-order valence-corrected chi connectivity index (χ0v) is 11.8. The Balaban J connectivity index is 2.48. The van der Waals surface area contributed by atoms with Crippen LogP contribution in [0.5, 0.6) is 0 Å². The smallest absolute Gasteiger partial charge is 0.323 e. The first-order chi connectivity index (χ1) is 9.41. The van der Waals surface area contributed by atoms with Crippen LogP contribution in [0.4, 0.5) is 0 Å². The molecule has 5 heteroatoms. The first-order valence-corrected chi connectivity index (χ1v) is 6.52. The Morgan fingerprint density at radius 1 is 1.30 bits per heavy atom. The van der Waals surface area contributed by atoms with Crippen molar-refractivity contribution in [1.29, 1.82) is 0 Å². The Morgan fingerprint density at radius 2 is 1.95 bits per heavy atom. The number of aryl methyl sites for hydroxylation is 1. The van der Waals surface area contributed by atoms with Crippen molar-refractivity contribution in [3.8, 4) is 0 Å². The number of hydrogen-bond donors (Lipinski definition) is 2. The van der Waals surface area contributed by atoms with Crippen molar-refractivity contribution in [3.63, 3.8) is 0 Å². The van der Waals surface area contributed by atoms with Crippen LogP contribution in [0.15, 0.2) is 24.3 Å². The number of carbonyl (C=O) groups is 2. The topological polar surface area (TPSA) is 73.4 Å². The third-order valence-electron chi connectivity index (χ3n) is 3.30. The summed E-state index contributed by atoms with van der Waals surface area (Å²) < 4.78 is 0. The number of benzene rings is 1. The molecular weight excluding hydrogens is 256 g/mol. The standard InChI is InChI=1S/C15H18N2O3/c1-9(2)17(8-13(18)19)15(20)14-10(3)16-12-7-5-4-6-11(12)14/h4-7,9,16H,8H2,1-3H3,(H,18,19). The Bertz CT molecular complexity index is 658. The molecular formula is C15H18N2O3. The number of nitrogens with one attached hydrogen (secondary N) is 1. The summed E-state index contributed by atoms with van der Waals surface area (Å²) in [6.07, 6.45) is 0. The Labute approximate surface area is 117 Å². The molecule has 0 bridgehead atoms. The van der Waals surface area contributed by atoms with Crippen molar-refractivity contribution in [2.75, 3.05) is 6.54 Å². The van der Waals surface area contributed by atoms with Gasteiger partial charge in [0.25, 0.3) is 5.91 Å². The van der Waals surface area contributed by atoms with Gasteiger partial charge >= 0.3 is 5.97 Å². The van der Waals surface area contributed by atoms with E-state index in [0.29, 0.717) is 5.56 Å². The molecule has 20 heavy (non-hydrogen) atoms. The van der Waals surface area contributed by atoms with Gasteiger partial charge in [0.05, 0.1) is 5.56 Å². The second kappa shape index (κ2) is 5.36. The van der Waals surface area contributed by atoms with Gasteiger partial charge in [-0.05, 0) is 26.8 Å². The number of H-pyrrole nitrogens is 1. The number of hydrogen-bond acceptors (Lipinski definition) is 2. The summed E-state index contributed by atoms with van der Waals surface area (Å²) >= 11 is 0. The molecule has 1 heterocycles. The largest absolute Gasteiger partial charge is 0.480 e. The second-order valence-corrected chi connectivity index (χ2v) is 5.09. The number of carboxylic acid groups (broad SMARTS) is 1. The van der Waals surface area contributed by atoms with Crippen LogP contribution >= 0.6 is 0 Å². The molecule has 1 aromatic heterocycles. The number of carboxylic acids is 1. The average Bonchev–Trinajstić information content (AvgIpc) is 2.70. The maximum Gasteiger partial charge on any atom is 0.323 e. The first kappa shape index (κ1) is 14.1. The lowest BCUT2D eigenvalue weighted by atomic mass is 10.1. The van der Waals surface area contributed by atoms with Gasteiger partial charge in [0.2, 0.25) is 0 Å². The van der Waals surface area contributed by atoms with Crippen LogP contribution in [-0.2, 0) is 4.79 Å².